The van der Waals surface area contributed by atoms with Crippen LogP contribution in [0, 0.1) is 17.9 Å². The highest BCUT2D eigenvalue weighted by Gasteiger charge is 2.30. The van der Waals surface area contributed by atoms with E-state index in [1.165, 1.54) is 19.5 Å². The maximum Gasteiger partial charge on any atom is 0.00449 e. The molecule has 1 fully saturated rings. The summed E-state index contributed by atoms with van der Waals surface area (Å²) < 4.78 is 0. The Morgan fingerprint density at radius 1 is 1.56 bits per heavy atom. The predicted molar refractivity (Wildman–Crippen MR) is 36.9 cm³/mol. The molecule has 0 bridgehead atoms. The SMILES string of the molecule is CN1CC2C=[C]CC2C1. The van der Waals surface area contributed by atoms with E-state index in [0.717, 1.165) is 11.8 Å². The van der Waals surface area contributed by atoms with Gasteiger partial charge in [0, 0.05) is 13.1 Å². The zero-order chi connectivity index (χ0) is 6.27. The predicted octanol–water partition coefficient (Wildman–Crippen LogP) is 0.927. The van der Waals surface area contributed by atoms with E-state index in [0.29, 0.717) is 0 Å². The van der Waals surface area contributed by atoms with Crippen molar-refractivity contribution in [3.05, 3.63) is 12.2 Å². The Bertz CT molecular complexity index is 140. The fourth-order valence-electron chi connectivity index (χ4n) is 1.89. The molecule has 2 atom stereocenters. The molecule has 0 spiro atoms. The molecule has 0 amide bonds. The second kappa shape index (κ2) is 1.84. The fourth-order valence-corrected chi connectivity index (χ4v) is 1.89. The first kappa shape index (κ1) is 5.48. The number of allylic oxidation sites excluding steroid dienone is 1. The van der Waals surface area contributed by atoms with Crippen molar-refractivity contribution in [2.24, 2.45) is 11.8 Å². The normalized spacial score (nSPS) is 41.9. The highest BCUT2D eigenvalue weighted by Crippen LogP contribution is 2.30. The Hall–Kier alpha value is -0.300. The summed E-state index contributed by atoms with van der Waals surface area (Å²) in [6.45, 7) is 2.55. The summed E-state index contributed by atoms with van der Waals surface area (Å²) >= 11 is 0. The van der Waals surface area contributed by atoms with Gasteiger partial charge in [-0.05, 0) is 31.4 Å². The van der Waals surface area contributed by atoms with Gasteiger partial charge in [0.2, 0.25) is 0 Å². The van der Waals surface area contributed by atoms with Crippen LogP contribution in [0.1, 0.15) is 6.42 Å². The zero-order valence-electron chi connectivity index (χ0n) is 5.80. The van der Waals surface area contributed by atoms with Crippen LogP contribution in [0.25, 0.3) is 0 Å². The van der Waals surface area contributed by atoms with Gasteiger partial charge in [0.05, 0.1) is 0 Å². The minimum absolute atomic E-state index is 0.843. The Morgan fingerprint density at radius 2 is 2.44 bits per heavy atom. The lowest BCUT2D eigenvalue weighted by Gasteiger charge is -2.05. The average molecular weight is 122 g/mol. The second-order valence-electron chi connectivity index (χ2n) is 3.22. The van der Waals surface area contributed by atoms with E-state index in [9.17, 15) is 0 Å². The monoisotopic (exact) mass is 122 g/mol. The molecule has 1 aliphatic carbocycles. The van der Waals surface area contributed by atoms with Crippen LogP contribution >= 0.6 is 0 Å². The van der Waals surface area contributed by atoms with Crippen molar-refractivity contribution in [2.45, 2.75) is 6.42 Å². The Kier molecular flexibility index (Phi) is 1.12. The first-order chi connectivity index (χ1) is 4.36. The molecule has 1 aliphatic heterocycles. The van der Waals surface area contributed by atoms with Crippen molar-refractivity contribution < 1.29 is 0 Å². The Labute approximate surface area is 56.4 Å². The molecule has 2 rings (SSSR count). The van der Waals surface area contributed by atoms with E-state index >= 15 is 0 Å². The van der Waals surface area contributed by atoms with Gasteiger partial charge in [-0.1, -0.05) is 6.08 Å². The van der Waals surface area contributed by atoms with Crippen molar-refractivity contribution in [1.82, 2.24) is 4.90 Å². The minimum atomic E-state index is 0.843. The van der Waals surface area contributed by atoms with Gasteiger partial charge >= 0.3 is 0 Å². The molecule has 0 saturated carbocycles. The fraction of sp³-hybridized carbons (Fsp3) is 0.750. The summed E-state index contributed by atoms with van der Waals surface area (Å²) in [4.78, 5) is 2.41. The van der Waals surface area contributed by atoms with Crippen LogP contribution in [0.4, 0.5) is 0 Å². The molecule has 0 aromatic heterocycles. The molecule has 0 N–H and O–H groups in total. The van der Waals surface area contributed by atoms with E-state index in [4.69, 9.17) is 0 Å². The molecule has 0 aromatic carbocycles. The molecule has 9 heavy (non-hydrogen) atoms. The second-order valence-corrected chi connectivity index (χ2v) is 3.22. The zero-order valence-corrected chi connectivity index (χ0v) is 5.80. The van der Waals surface area contributed by atoms with Crippen LogP contribution in [0.15, 0.2) is 6.08 Å². The van der Waals surface area contributed by atoms with Gasteiger partial charge in [-0.2, -0.15) is 0 Å². The first-order valence-corrected chi connectivity index (χ1v) is 3.61. The van der Waals surface area contributed by atoms with Gasteiger partial charge in [-0.15, -0.1) is 0 Å². The largest absolute Gasteiger partial charge is 0.305 e. The van der Waals surface area contributed by atoms with Gasteiger partial charge in [0.15, 0.2) is 0 Å². The number of rotatable bonds is 0. The number of nitrogens with zero attached hydrogens (tertiary/aromatic N) is 1. The molecule has 1 nitrogen and oxygen atoms in total. The quantitative estimate of drug-likeness (QED) is 0.462. The molecule has 0 aromatic rings. The van der Waals surface area contributed by atoms with Crippen LogP contribution in [0.5, 0.6) is 0 Å². The molecule has 2 aliphatic rings. The lowest BCUT2D eigenvalue weighted by Crippen LogP contribution is -2.14. The highest BCUT2D eigenvalue weighted by molar-refractivity contribution is 5.01. The maximum atomic E-state index is 3.29. The van der Waals surface area contributed by atoms with Gasteiger partial charge in [0.1, 0.15) is 0 Å². The topological polar surface area (TPSA) is 3.24 Å². The van der Waals surface area contributed by atoms with E-state index in [1.54, 1.807) is 0 Å². The lowest BCUT2D eigenvalue weighted by molar-refractivity contribution is 0.393. The Morgan fingerprint density at radius 3 is 3.22 bits per heavy atom. The number of hydrogen-bond donors (Lipinski definition) is 0. The third-order valence-electron chi connectivity index (χ3n) is 2.39. The summed E-state index contributed by atoms with van der Waals surface area (Å²) in [6, 6.07) is 0. The number of hydrogen-bond acceptors (Lipinski definition) is 1. The summed E-state index contributed by atoms with van der Waals surface area (Å²) in [5.74, 6) is 1.75. The summed E-state index contributed by atoms with van der Waals surface area (Å²) in [5, 5.41) is 0. The van der Waals surface area contributed by atoms with Gasteiger partial charge < -0.3 is 4.90 Å². The molecule has 1 heterocycles. The van der Waals surface area contributed by atoms with Crippen molar-refractivity contribution in [1.29, 1.82) is 0 Å². The summed E-state index contributed by atoms with van der Waals surface area (Å²) in [7, 11) is 2.20. The summed E-state index contributed by atoms with van der Waals surface area (Å²) in [6.07, 6.45) is 6.75. The van der Waals surface area contributed by atoms with Crippen LogP contribution in [-0.4, -0.2) is 25.0 Å². The highest BCUT2D eigenvalue weighted by atomic mass is 15.1. The molecule has 1 saturated heterocycles. The molecular formula is C8H12N. The lowest BCUT2D eigenvalue weighted by atomic mass is 10.0. The molecule has 2 unspecified atom stereocenters. The van der Waals surface area contributed by atoms with E-state index < -0.39 is 0 Å². The Balaban J connectivity index is 2.08. The summed E-state index contributed by atoms with van der Waals surface area (Å²) in [5.41, 5.74) is 0. The van der Waals surface area contributed by atoms with Gasteiger partial charge in [-0.3, -0.25) is 0 Å². The molecular weight excluding hydrogens is 110 g/mol. The van der Waals surface area contributed by atoms with Crippen molar-refractivity contribution in [2.75, 3.05) is 20.1 Å². The van der Waals surface area contributed by atoms with Crippen LogP contribution in [0.3, 0.4) is 0 Å². The minimum Gasteiger partial charge on any atom is -0.305 e. The van der Waals surface area contributed by atoms with Crippen LogP contribution in [0.2, 0.25) is 0 Å². The molecule has 1 heteroatoms. The van der Waals surface area contributed by atoms with Gasteiger partial charge in [-0.25, -0.2) is 0 Å². The maximum absolute atomic E-state index is 3.29. The van der Waals surface area contributed by atoms with Crippen molar-refractivity contribution in [3.63, 3.8) is 0 Å². The smallest absolute Gasteiger partial charge is 0.00449 e. The van der Waals surface area contributed by atoms with Gasteiger partial charge in [0.25, 0.3) is 0 Å². The van der Waals surface area contributed by atoms with Crippen LogP contribution < -0.4 is 0 Å². The van der Waals surface area contributed by atoms with E-state index in [-0.39, 0.29) is 0 Å². The standard InChI is InChI=1S/C8H12N/c1-9-5-7-3-2-4-8(7)6-9/h3,7-8H,4-6H2,1H3. The van der Waals surface area contributed by atoms with Crippen molar-refractivity contribution in [3.8, 4) is 0 Å². The van der Waals surface area contributed by atoms with Crippen LogP contribution in [-0.2, 0) is 0 Å². The molecule has 49 valence electrons. The number of fused-ring (bicyclic) bond motifs is 1. The van der Waals surface area contributed by atoms with E-state index in [2.05, 4.69) is 24.1 Å². The third-order valence-corrected chi connectivity index (χ3v) is 2.39. The van der Waals surface area contributed by atoms with Crippen molar-refractivity contribution >= 4 is 0 Å². The van der Waals surface area contributed by atoms with E-state index in [1.807, 2.05) is 0 Å². The first-order valence-electron chi connectivity index (χ1n) is 3.61. The number of likely N-dealkylation sites (tertiary alicyclic amines) is 1. The average Bonchev–Trinajstić information content (AvgIpc) is 2.22. The molecule has 1 radical (unpaired) electrons. The third kappa shape index (κ3) is 0.799.